The van der Waals surface area contributed by atoms with Gasteiger partial charge in [0.05, 0.1) is 16.8 Å². The maximum Gasteiger partial charge on any atom is 0.270 e. The van der Waals surface area contributed by atoms with Gasteiger partial charge in [-0.15, -0.1) is 0 Å². The Balaban J connectivity index is 2.01. The van der Waals surface area contributed by atoms with Gasteiger partial charge in [-0.2, -0.15) is 10.2 Å². The molecule has 1 aromatic carbocycles. The van der Waals surface area contributed by atoms with Crippen LogP contribution in [0, 0.1) is 24.0 Å². The standard InChI is InChI=1S/C14H15N5O4/c1-9-5-10(2)18(17-9)8-14(21)16-15-7-11-6-12(19(22)23)3-4-13(11)20/h3-7,20H,8H2,1-2H3,(H,16,21)/p-1/b15-7+. The third-order valence-corrected chi connectivity index (χ3v) is 2.99. The molecule has 2 rings (SSSR count). The molecule has 1 amide bonds. The third kappa shape index (κ3) is 4.13. The highest BCUT2D eigenvalue weighted by Gasteiger charge is 2.07. The number of hydrogen-bond donors (Lipinski definition) is 1. The smallest absolute Gasteiger partial charge is 0.270 e. The molecule has 0 aliphatic rings. The van der Waals surface area contributed by atoms with E-state index >= 15 is 0 Å². The summed E-state index contributed by atoms with van der Waals surface area (Å²) in [5, 5.41) is 30.0. The SMILES string of the molecule is Cc1cc(C)n(CC(=O)N/N=C/c2cc([N+](=O)[O-])ccc2[O-])n1. The topological polar surface area (TPSA) is 125 Å². The minimum Gasteiger partial charge on any atom is -0.872 e. The predicted octanol–water partition coefficient (Wildman–Crippen LogP) is 0.632. The molecule has 1 aromatic heterocycles. The molecule has 0 saturated carbocycles. The second-order valence-electron chi connectivity index (χ2n) is 4.86. The number of carbonyl (C=O) groups excluding carboxylic acids is 1. The van der Waals surface area contributed by atoms with Gasteiger partial charge in [0.2, 0.25) is 0 Å². The number of rotatable bonds is 5. The number of benzene rings is 1. The highest BCUT2D eigenvalue weighted by Crippen LogP contribution is 2.18. The second kappa shape index (κ2) is 6.69. The summed E-state index contributed by atoms with van der Waals surface area (Å²) < 4.78 is 1.52. The van der Waals surface area contributed by atoms with Crippen LogP contribution in [0.1, 0.15) is 17.0 Å². The average Bonchev–Trinajstić information content (AvgIpc) is 2.78. The zero-order valence-corrected chi connectivity index (χ0v) is 12.5. The number of nitro groups is 1. The van der Waals surface area contributed by atoms with E-state index in [1.165, 1.54) is 4.68 Å². The molecule has 1 heterocycles. The summed E-state index contributed by atoms with van der Waals surface area (Å²) in [4.78, 5) is 21.8. The number of hydrogen-bond acceptors (Lipinski definition) is 6. The van der Waals surface area contributed by atoms with Crippen molar-refractivity contribution in [1.82, 2.24) is 15.2 Å². The zero-order chi connectivity index (χ0) is 17.0. The Bertz CT molecular complexity index is 781. The first-order valence-corrected chi connectivity index (χ1v) is 6.65. The number of nitrogens with zero attached hydrogens (tertiary/aromatic N) is 4. The van der Waals surface area contributed by atoms with E-state index < -0.39 is 16.6 Å². The molecule has 0 bridgehead atoms. The van der Waals surface area contributed by atoms with E-state index in [0.717, 1.165) is 35.8 Å². The van der Waals surface area contributed by atoms with Crippen LogP contribution in [0.2, 0.25) is 0 Å². The third-order valence-electron chi connectivity index (χ3n) is 2.99. The Morgan fingerprint density at radius 2 is 2.17 bits per heavy atom. The van der Waals surface area contributed by atoms with Gasteiger partial charge in [-0.3, -0.25) is 19.6 Å². The zero-order valence-electron chi connectivity index (χ0n) is 12.5. The lowest BCUT2D eigenvalue weighted by Gasteiger charge is -2.08. The Hall–Kier alpha value is -3.23. The Kier molecular flexibility index (Phi) is 4.69. The summed E-state index contributed by atoms with van der Waals surface area (Å²) in [7, 11) is 0. The van der Waals surface area contributed by atoms with Crippen LogP contribution in [-0.2, 0) is 11.3 Å². The second-order valence-corrected chi connectivity index (χ2v) is 4.86. The van der Waals surface area contributed by atoms with Crippen LogP contribution in [-0.4, -0.2) is 26.8 Å². The van der Waals surface area contributed by atoms with Crippen molar-refractivity contribution in [2.24, 2.45) is 5.10 Å². The predicted molar refractivity (Wildman–Crippen MR) is 80.0 cm³/mol. The summed E-state index contributed by atoms with van der Waals surface area (Å²) in [6, 6.07) is 5.13. The lowest BCUT2D eigenvalue weighted by atomic mass is 10.2. The maximum absolute atomic E-state index is 11.8. The average molecular weight is 316 g/mol. The molecule has 0 atom stereocenters. The van der Waals surface area contributed by atoms with Crippen molar-refractivity contribution in [1.29, 1.82) is 0 Å². The molecular weight excluding hydrogens is 302 g/mol. The van der Waals surface area contributed by atoms with E-state index in [9.17, 15) is 20.0 Å². The van der Waals surface area contributed by atoms with Crippen LogP contribution < -0.4 is 10.5 Å². The molecule has 23 heavy (non-hydrogen) atoms. The molecule has 9 heteroatoms. The molecule has 0 unspecified atom stereocenters. The molecule has 120 valence electrons. The normalized spacial score (nSPS) is 10.9. The largest absolute Gasteiger partial charge is 0.872 e. The molecule has 0 saturated heterocycles. The number of amides is 1. The minimum absolute atomic E-state index is 0.0177. The molecule has 1 N–H and O–H groups in total. The van der Waals surface area contributed by atoms with Crippen LogP contribution in [0.25, 0.3) is 0 Å². The number of nitrogens with one attached hydrogen (secondary N) is 1. The van der Waals surface area contributed by atoms with Crippen molar-refractivity contribution in [3.05, 3.63) is 51.3 Å². The van der Waals surface area contributed by atoms with Gasteiger partial charge in [0.1, 0.15) is 6.54 Å². The van der Waals surface area contributed by atoms with Gasteiger partial charge in [-0.05, 0) is 25.5 Å². The first-order valence-electron chi connectivity index (χ1n) is 6.65. The van der Waals surface area contributed by atoms with E-state index in [0.29, 0.717) is 0 Å². The van der Waals surface area contributed by atoms with Gasteiger partial charge >= 0.3 is 0 Å². The molecular formula is C14H14N5O4-. The summed E-state index contributed by atoms with van der Waals surface area (Å²) in [5.74, 6) is -0.850. The fourth-order valence-corrected chi connectivity index (χ4v) is 1.93. The van der Waals surface area contributed by atoms with Gasteiger partial charge in [0.15, 0.2) is 0 Å². The van der Waals surface area contributed by atoms with E-state index in [1.54, 1.807) is 0 Å². The van der Waals surface area contributed by atoms with Crippen LogP contribution in [0.3, 0.4) is 0 Å². The number of non-ortho nitro benzene ring substituents is 1. The molecule has 2 aromatic rings. The van der Waals surface area contributed by atoms with Crippen molar-refractivity contribution < 1.29 is 14.8 Å². The number of aromatic nitrogens is 2. The number of nitro benzene ring substituents is 1. The van der Waals surface area contributed by atoms with E-state index in [1.807, 2.05) is 19.9 Å². The van der Waals surface area contributed by atoms with Gasteiger partial charge in [-0.25, -0.2) is 5.43 Å². The molecule has 0 fully saturated rings. The van der Waals surface area contributed by atoms with Crippen LogP contribution in [0.5, 0.6) is 5.75 Å². The lowest BCUT2D eigenvalue weighted by Crippen LogP contribution is -2.24. The Morgan fingerprint density at radius 1 is 1.43 bits per heavy atom. The first kappa shape index (κ1) is 16.1. The summed E-state index contributed by atoms with van der Waals surface area (Å²) in [6.45, 7) is 3.62. The number of hydrazone groups is 1. The van der Waals surface area contributed by atoms with Gasteiger partial charge in [0, 0.05) is 17.8 Å². The molecule has 0 radical (unpaired) electrons. The molecule has 9 nitrogen and oxygen atoms in total. The molecule has 0 aliphatic carbocycles. The lowest BCUT2D eigenvalue weighted by molar-refractivity contribution is -0.385. The maximum atomic E-state index is 11.8. The fraction of sp³-hybridized carbons (Fsp3) is 0.214. The molecule has 0 spiro atoms. The first-order chi connectivity index (χ1) is 10.9. The number of aryl methyl sites for hydroxylation is 2. The van der Waals surface area contributed by atoms with Crippen LogP contribution >= 0.6 is 0 Å². The van der Waals surface area contributed by atoms with E-state index in [-0.39, 0.29) is 17.8 Å². The van der Waals surface area contributed by atoms with Crippen LogP contribution in [0.4, 0.5) is 5.69 Å². The summed E-state index contributed by atoms with van der Waals surface area (Å²) >= 11 is 0. The number of carbonyl (C=O) groups is 1. The van der Waals surface area contributed by atoms with Crippen LogP contribution in [0.15, 0.2) is 29.4 Å². The van der Waals surface area contributed by atoms with Crippen molar-refractivity contribution in [2.75, 3.05) is 0 Å². The monoisotopic (exact) mass is 316 g/mol. The van der Waals surface area contributed by atoms with Crippen molar-refractivity contribution in [3.63, 3.8) is 0 Å². The summed E-state index contributed by atoms with van der Waals surface area (Å²) in [6.07, 6.45) is 1.08. The molecule has 0 aliphatic heterocycles. The van der Waals surface area contributed by atoms with Crippen molar-refractivity contribution in [2.45, 2.75) is 20.4 Å². The Morgan fingerprint density at radius 3 is 2.78 bits per heavy atom. The van der Waals surface area contributed by atoms with Crippen molar-refractivity contribution >= 4 is 17.8 Å². The quantitative estimate of drug-likeness (QED) is 0.492. The van der Waals surface area contributed by atoms with Gasteiger partial charge in [0.25, 0.3) is 11.6 Å². The van der Waals surface area contributed by atoms with Gasteiger partial charge < -0.3 is 5.11 Å². The highest BCUT2D eigenvalue weighted by molar-refractivity contribution is 5.85. The highest BCUT2D eigenvalue weighted by atomic mass is 16.6. The Labute approximate surface area is 131 Å². The summed E-state index contributed by atoms with van der Waals surface area (Å²) in [5.41, 5.74) is 3.68. The fourth-order valence-electron chi connectivity index (χ4n) is 1.93. The van der Waals surface area contributed by atoms with E-state index in [4.69, 9.17) is 0 Å². The van der Waals surface area contributed by atoms with Crippen molar-refractivity contribution in [3.8, 4) is 5.75 Å². The van der Waals surface area contributed by atoms with E-state index in [2.05, 4.69) is 15.6 Å². The van der Waals surface area contributed by atoms with Gasteiger partial charge in [-0.1, -0.05) is 11.8 Å². The minimum atomic E-state index is -0.613.